The number of ether oxygens (including phenoxy) is 1. The van der Waals surface area contributed by atoms with Crippen molar-refractivity contribution in [1.82, 2.24) is 19.9 Å². The van der Waals surface area contributed by atoms with Gasteiger partial charge in [-0.2, -0.15) is 14.9 Å². The highest BCUT2D eigenvalue weighted by atomic mass is 32.1. The van der Waals surface area contributed by atoms with Crippen LogP contribution in [0.3, 0.4) is 0 Å². The fourth-order valence-corrected chi connectivity index (χ4v) is 2.27. The van der Waals surface area contributed by atoms with Gasteiger partial charge < -0.3 is 4.74 Å². The third-order valence-corrected chi connectivity index (χ3v) is 3.59. The Hall–Kier alpha value is -2.80. The molecule has 0 saturated heterocycles. The summed E-state index contributed by atoms with van der Waals surface area (Å²) in [5, 5.41) is 11.6. The van der Waals surface area contributed by atoms with Gasteiger partial charge in [-0.05, 0) is 49.5 Å². The fourth-order valence-electron chi connectivity index (χ4n) is 2.10. The number of benzene rings is 1. The fraction of sp³-hybridized carbons (Fsp3) is 0.125. The molecule has 7 heteroatoms. The van der Waals surface area contributed by atoms with Gasteiger partial charge in [0, 0.05) is 23.5 Å². The number of aromatic amines is 1. The highest BCUT2D eigenvalue weighted by Gasteiger charge is 2.09. The summed E-state index contributed by atoms with van der Waals surface area (Å²) in [5.74, 6) is 1.42. The van der Waals surface area contributed by atoms with Crippen LogP contribution in [0.4, 0.5) is 0 Å². The van der Waals surface area contributed by atoms with Gasteiger partial charge in [0.15, 0.2) is 5.82 Å². The first-order valence-electron chi connectivity index (χ1n) is 6.97. The normalized spacial score (nSPS) is 11.5. The molecule has 3 aromatic rings. The van der Waals surface area contributed by atoms with Gasteiger partial charge in [0.05, 0.1) is 12.8 Å². The van der Waals surface area contributed by atoms with E-state index in [9.17, 15) is 0 Å². The first-order chi connectivity index (χ1) is 11.2. The van der Waals surface area contributed by atoms with Crippen molar-refractivity contribution in [2.45, 2.75) is 6.92 Å². The third-order valence-electron chi connectivity index (χ3n) is 3.33. The second kappa shape index (κ2) is 6.53. The lowest BCUT2D eigenvalue weighted by Crippen LogP contribution is -2.02. The van der Waals surface area contributed by atoms with Gasteiger partial charge in [0.25, 0.3) is 0 Å². The molecule has 0 aliphatic heterocycles. The molecule has 3 rings (SSSR count). The van der Waals surface area contributed by atoms with E-state index in [1.807, 2.05) is 43.3 Å². The maximum Gasteiger partial charge on any atom is 0.216 e. The second-order valence-electron chi connectivity index (χ2n) is 4.82. The lowest BCUT2D eigenvalue weighted by Gasteiger charge is -2.05. The monoisotopic (exact) mass is 325 g/mol. The SMILES string of the molecule is COc1ccc(-c2n[nH]c(=S)n2N=C(C)c2cccnc2)cc1. The molecule has 0 bridgehead atoms. The average molecular weight is 325 g/mol. The van der Waals surface area contributed by atoms with Crippen molar-refractivity contribution in [2.24, 2.45) is 5.10 Å². The molecule has 0 aliphatic rings. The molecule has 6 nitrogen and oxygen atoms in total. The van der Waals surface area contributed by atoms with Crippen LogP contribution in [0.5, 0.6) is 5.75 Å². The zero-order chi connectivity index (χ0) is 16.2. The zero-order valence-electron chi connectivity index (χ0n) is 12.7. The van der Waals surface area contributed by atoms with Crippen LogP contribution in [0.1, 0.15) is 12.5 Å². The van der Waals surface area contributed by atoms with Gasteiger partial charge in [0.2, 0.25) is 4.77 Å². The molecule has 0 unspecified atom stereocenters. The van der Waals surface area contributed by atoms with E-state index in [4.69, 9.17) is 17.0 Å². The molecule has 2 aromatic heterocycles. The van der Waals surface area contributed by atoms with Crippen LogP contribution >= 0.6 is 12.2 Å². The second-order valence-corrected chi connectivity index (χ2v) is 5.21. The minimum absolute atomic E-state index is 0.430. The van der Waals surface area contributed by atoms with Gasteiger partial charge in [-0.25, -0.2) is 5.10 Å². The predicted octanol–water partition coefficient (Wildman–Crippen LogP) is 3.28. The van der Waals surface area contributed by atoms with Gasteiger partial charge >= 0.3 is 0 Å². The molecule has 1 N–H and O–H groups in total. The Bertz CT molecular complexity index is 881. The Morgan fingerprint density at radius 2 is 2.04 bits per heavy atom. The molecule has 2 heterocycles. The Morgan fingerprint density at radius 3 is 2.70 bits per heavy atom. The van der Waals surface area contributed by atoms with Gasteiger partial charge in [-0.1, -0.05) is 6.07 Å². The van der Waals surface area contributed by atoms with Crippen molar-refractivity contribution in [3.8, 4) is 17.1 Å². The maximum atomic E-state index is 5.29. The van der Waals surface area contributed by atoms with Crippen LogP contribution < -0.4 is 4.74 Å². The van der Waals surface area contributed by atoms with Crippen molar-refractivity contribution in [3.63, 3.8) is 0 Å². The van der Waals surface area contributed by atoms with Gasteiger partial charge in [0.1, 0.15) is 5.75 Å². The van der Waals surface area contributed by atoms with Crippen molar-refractivity contribution in [2.75, 3.05) is 7.11 Å². The average Bonchev–Trinajstić information content (AvgIpc) is 2.96. The van der Waals surface area contributed by atoms with E-state index in [-0.39, 0.29) is 0 Å². The minimum atomic E-state index is 0.430. The summed E-state index contributed by atoms with van der Waals surface area (Å²) in [6.45, 7) is 1.91. The standard InChI is InChI=1S/C16H15N5OS/c1-11(13-4-3-9-17-10-13)20-21-15(18-19-16(21)23)12-5-7-14(22-2)8-6-12/h3-10H,1-2H3,(H,19,23). The molecule has 0 saturated carbocycles. The summed E-state index contributed by atoms with van der Waals surface area (Å²) in [6.07, 6.45) is 3.48. The Morgan fingerprint density at radius 1 is 1.26 bits per heavy atom. The molecular weight excluding hydrogens is 310 g/mol. The van der Waals surface area contributed by atoms with E-state index < -0.39 is 0 Å². The lowest BCUT2D eigenvalue weighted by atomic mass is 10.2. The van der Waals surface area contributed by atoms with E-state index in [1.165, 1.54) is 0 Å². The molecule has 0 spiro atoms. The molecule has 0 atom stereocenters. The number of pyridine rings is 1. The number of hydrogen-bond acceptors (Lipinski definition) is 5. The summed E-state index contributed by atoms with van der Waals surface area (Å²) in [4.78, 5) is 4.10. The smallest absolute Gasteiger partial charge is 0.216 e. The quantitative estimate of drug-likeness (QED) is 0.590. The van der Waals surface area contributed by atoms with Crippen LogP contribution in [0, 0.1) is 4.77 Å². The topological polar surface area (TPSA) is 68.1 Å². The number of nitrogens with one attached hydrogen (secondary N) is 1. The van der Waals surface area contributed by atoms with E-state index in [2.05, 4.69) is 20.3 Å². The Labute approximate surface area is 138 Å². The summed E-state index contributed by atoms with van der Waals surface area (Å²) in [5.41, 5.74) is 2.61. The van der Waals surface area contributed by atoms with E-state index in [0.29, 0.717) is 10.6 Å². The van der Waals surface area contributed by atoms with E-state index in [0.717, 1.165) is 22.6 Å². The van der Waals surface area contributed by atoms with Crippen LogP contribution in [0.15, 0.2) is 53.9 Å². The maximum absolute atomic E-state index is 5.29. The minimum Gasteiger partial charge on any atom is -0.497 e. The van der Waals surface area contributed by atoms with Gasteiger partial charge in [-0.3, -0.25) is 4.98 Å². The number of methoxy groups -OCH3 is 1. The van der Waals surface area contributed by atoms with Gasteiger partial charge in [-0.15, -0.1) is 0 Å². The lowest BCUT2D eigenvalue weighted by molar-refractivity contribution is 0.415. The third kappa shape index (κ3) is 3.19. The zero-order valence-corrected chi connectivity index (χ0v) is 13.5. The molecule has 0 fully saturated rings. The molecule has 0 amide bonds. The van der Waals surface area contributed by atoms with Crippen molar-refractivity contribution < 1.29 is 4.74 Å². The Kier molecular flexibility index (Phi) is 4.29. The molecule has 1 aromatic carbocycles. The van der Waals surface area contributed by atoms with Crippen molar-refractivity contribution in [1.29, 1.82) is 0 Å². The molecule has 23 heavy (non-hydrogen) atoms. The number of aromatic nitrogens is 4. The highest BCUT2D eigenvalue weighted by Crippen LogP contribution is 2.21. The van der Waals surface area contributed by atoms with Crippen LogP contribution in [-0.2, 0) is 0 Å². The van der Waals surface area contributed by atoms with Crippen molar-refractivity contribution >= 4 is 17.9 Å². The Balaban J connectivity index is 2.03. The number of rotatable bonds is 4. The molecular formula is C16H15N5OS. The summed E-state index contributed by atoms with van der Waals surface area (Å²) in [6, 6.07) is 11.4. The number of nitrogens with zero attached hydrogens (tertiary/aromatic N) is 4. The van der Waals surface area contributed by atoms with Crippen LogP contribution in [0.2, 0.25) is 0 Å². The summed E-state index contributed by atoms with van der Waals surface area (Å²) in [7, 11) is 1.63. The van der Waals surface area contributed by atoms with E-state index >= 15 is 0 Å². The first-order valence-corrected chi connectivity index (χ1v) is 7.37. The number of hydrogen-bond donors (Lipinski definition) is 1. The molecule has 0 radical (unpaired) electrons. The largest absolute Gasteiger partial charge is 0.497 e. The molecule has 0 aliphatic carbocycles. The van der Waals surface area contributed by atoms with Crippen LogP contribution in [-0.4, -0.2) is 32.7 Å². The highest BCUT2D eigenvalue weighted by molar-refractivity contribution is 7.71. The van der Waals surface area contributed by atoms with Crippen LogP contribution in [0.25, 0.3) is 11.4 Å². The van der Waals surface area contributed by atoms with E-state index in [1.54, 1.807) is 24.2 Å². The molecule has 116 valence electrons. The summed E-state index contributed by atoms with van der Waals surface area (Å²) < 4.78 is 7.21. The van der Waals surface area contributed by atoms with Crippen molar-refractivity contribution in [3.05, 3.63) is 59.1 Å². The summed E-state index contributed by atoms with van der Waals surface area (Å²) >= 11 is 5.29. The predicted molar refractivity (Wildman–Crippen MR) is 91.2 cm³/mol. The first kappa shape index (κ1) is 15.1. The number of H-pyrrole nitrogens is 1.